The number of aliphatic hydroxyl groups is 1. The second-order valence-corrected chi connectivity index (χ2v) is 5.05. The topological polar surface area (TPSA) is 73.7 Å². The predicted molar refractivity (Wildman–Crippen MR) is 67.9 cm³/mol. The van der Waals surface area contributed by atoms with Crippen LogP contribution in [0.1, 0.15) is 36.5 Å². The average Bonchev–Trinajstić information content (AvgIpc) is 2.50. The molecule has 1 aliphatic rings. The normalized spacial score (nSPS) is 24.7. The zero-order chi connectivity index (χ0) is 13.2. The summed E-state index contributed by atoms with van der Waals surface area (Å²) in [5.74, 6) is -0.270. The van der Waals surface area contributed by atoms with Gasteiger partial charge in [0.2, 0.25) is 0 Å². The molecule has 1 aromatic rings. The fourth-order valence-corrected chi connectivity index (χ4v) is 2.22. The Morgan fingerprint density at radius 1 is 1.44 bits per heavy atom. The van der Waals surface area contributed by atoms with Crippen molar-refractivity contribution < 1.29 is 15.0 Å². The Morgan fingerprint density at radius 3 is 2.94 bits per heavy atom. The molecule has 98 valence electrons. The van der Waals surface area contributed by atoms with E-state index in [9.17, 15) is 9.90 Å². The summed E-state index contributed by atoms with van der Waals surface area (Å²) in [6, 6.07) is 3.07. The van der Waals surface area contributed by atoms with Crippen LogP contribution in [0.3, 0.4) is 0 Å². The Labute approximate surface area is 106 Å². The van der Waals surface area contributed by atoms with E-state index in [2.05, 4.69) is 4.98 Å². The molecule has 1 saturated heterocycles. The number of carboxylic acid groups (broad SMARTS) is 1. The first-order chi connectivity index (χ1) is 8.48. The molecular weight excluding hydrogens is 232 g/mol. The lowest BCUT2D eigenvalue weighted by Gasteiger charge is -2.23. The Kier molecular flexibility index (Phi) is 3.52. The van der Waals surface area contributed by atoms with Gasteiger partial charge in [0.15, 0.2) is 0 Å². The molecule has 0 saturated carbocycles. The van der Waals surface area contributed by atoms with Gasteiger partial charge >= 0.3 is 5.97 Å². The van der Waals surface area contributed by atoms with Crippen LogP contribution >= 0.6 is 0 Å². The van der Waals surface area contributed by atoms with Crippen molar-refractivity contribution in [1.82, 2.24) is 4.98 Å². The van der Waals surface area contributed by atoms with E-state index in [1.54, 1.807) is 6.07 Å². The number of anilines is 1. The summed E-state index contributed by atoms with van der Waals surface area (Å²) >= 11 is 0. The summed E-state index contributed by atoms with van der Waals surface area (Å²) in [6.45, 7) is 3.34. The van der Waals surface area contributed by atoms with E-state index in [1.165, 1.54) is 12.3 Å². The summed E-state index contributed by atoms with van der Waals surface area (Å²) in [7, 11) is 0. The van der Waals surface area contributed by atoms with Crippen molar-refractivity contribution in [3.05, 3.63) is 23.9 Å². The predicted octanol–water partition coefficient (Wildman–Crippen LogP) is 1.52. The lowest BCUT2D eigenvalue weighted by atomic mass is 9.98. The first-order valence-corrected chi connectivity index (χ1v) is 6.15. The van der Waals surface area contributed by atoms with Crippen LogP contribution in [-0.4, -0.2) is 39.9 Å². The number of aromatic carboxylic acids is 1. The third kappa shape index (κ3) is 2.98. The van der Waals surface area contributed by atoms with E-state index in [-0.39, 0.29) is 5.56 Å². The fourth-order valence-electron chi connectivity index (χ4n) is 2.22. The SMILES string of the molecule is CC1(O)CCCN(c2cc(C(=O)O)ccn2)CC1. The van der Waals surface area contributed by atoms with Gasteiger partial charge < -0.3 is 15.1 Å². The van der Waals surface area contributed by atoms with Gasteiger partial charge in [0.1, 0.15) is 5.82 Å². The molecule has 0 radical (unpaired) electrons. The van der Waals surface area contributed by atoms with Gasteiger partial charge in [-0.05, 0) is 38.3 Å². The van der Waals surface area contributed by atoms with Crippen molar-refractivity contribution in [2.45, 2.75) is 31.8 Å². The molecule has 1 fully saturated rings. The molecule has 2 heterocycles. The van der Waals surface area contributed by atoms with Gasteiger partial charge in [-0.3, -0.25) is 0 Å². The van der Waals surface area contributed by atoms with Gasteiger partial charge in [0.25, 0.3) is 0 Å². The number of hydrogen-bond donors (Lipinski definition) is 2. The quantitative estimate of drug-likeness (QED) is 0.832. The molecule has 5 heteroatoms. The molecule has 0 amide bonds. The number of hydrogen-bond acceptors (Lipinski definition) is 4. The molecule has 0 aliphatic carbocycles. The Morgan fingerprint density at radius 2 is 2.22 bits per heavy atom. The van der Waals surface area contributed by atoms with Crippen molar-refractivity contribution in [3.63, 3.8) is 0 Å². The number of nitrogens with zero attached hydrogens (tertiary/aromatic N) is 2. The maximum absolute atomic E-state index is 10.9. The van der Waals surface area contributed by atoms with Crippen molar-refractivity contribution >= 4 is 11.8 Å². The highest BCUT2D eigenvalue weighted by atomic mass is 16.4. The molecule has 1 atom stereocenters. The third-order valence-electron chi connectivity index (χ3n) is 3.38. The zero-order valence-electron chi connectivity index (χ0n) is 10.5. The van der Waals surface area contributed by atoms with Crippen LogP contribution in [0.5, 0.6) is 0 Å². The van der Waals surface area contributed by atoms with Gasteiger partial charge in [-0.2, -0.15) is 0 Å². The molecule has 18 heavy (non-hydrogen) atoms. The minimum atomic E-state index is -0.944. The Bertz CT molecular complexity index is 446. The summed E-state index contributed by atoms with van der Waals surface area (Å²) in [6.07, 6.45) is 3.84. The summed E-state index contributed by atoms with van der Waals surface area (Å²) in [5, 5.41) is 19.0. The number of carboxylic acids is 1. The average molecular weight is 250 g/mol. The van der Waals surface area contributed by atoms with Crippen LogP contribution in [0.4, 0.5) is 5.82 Å². The number of aromatic nitrogens is 1. The fraction of sp³-hybridized carbons (Fsp3) is 0.538. The minimum absolute atomic E-state index is 0.246. The lowest BCUT2D eigenvalue weighted by molar-refractivity contribution is 0.0481. The minimum Gasteiger partial charge on any atom is -0.478 e. The molecule has 1 aromatic heterocycles. The van der Waals surface area contributed by atoms with E-state index in [4.69, 9.17) is 5.11 Å². The van der Waals surface area contributed by atoms with Crippen molar-refractivity contribution in [2.75, 3.05) is 18.0 Å². The molecular formula is C13H18N2O3. The second kappa shape index (κ2) is 4.94. The second-order valence-electron chi connectivity index (χ2n) is 5.05. The van der Waals surface area contributed by atoms with Crippen molar-refractivity contribution in [2.24, 2.45) is 0 Å². The first kappa shape index (κ1) is 12.8. The van der Waals surface area contributed by atoms with Gasteiger partial charge in [0.05, 0.1) is 11.2 Å². The van der Waals surface area contributed by atoms with Crippen molar-refractivity contribution in [3.8, 4) is 0 Å². The molecule has 0 bridgehead atoms. The van der Waals surface area contributed by atoms with Crippen LogP contribution in [-0.2, 0) is 0 Å². The van der Waals surface area contributed by atoms with E-state index >= 15 is 0 Å². The van der Waals surface area contributed by atoms with Crippen LogP contribution in [0.15, 0.2) is 18.3 Å². The molecule has 0 aromatic carbocycles. The number of carbonyl (C=O) groups is 1. The molecule has 2 N–H and O–H groups in total. The highest BCUT2D eigenvalue weighted by Crippen LogP contribution is 2.24. The van der Waals surface area contributed by atoms with Crippen LogP contribution < -0.4 is 4.90 Å². The summed E-state index contributed by atoms with van der Waals surface area (Å²) in [5.41, 5.74) is -0.380. The van der Waals surface area contributed by atoms with Crippen LogP contribution in [0.25, 0.3) is 0 Å². The monoisotopic (exact) mass is 250 g/mol. The lowest BCUT2D eigenvalue weighted by Crippen LogP contribution is -2.28. The largest absolute Gasteiger partial charge is 0.478 e. The standard InChI is InChI=1S/C13H18N2O3/c1-13(18)4-2-7-15(8-5-13)11-9-10(12(16)17)3-6-14-11/h3,6,9,18H,2,4-5,7-8H2,1H3,(H,16,17). The Hall–Kier alpha value is -1.62. The van der Waals surface area contributed by atoms with Gasteiger partial charge in [-0.1, -0.05) is 0 Å². The highest BCUT2D eigenvalue weighted by molar-refractivity contribution is 5.88. The van der Waals surface area contributed by atoms with Crippen LogP contribution in [0, 0.1) is 0 Å². The smallest absolute Gasteiger partial charge is 0.335 e. The molecule has 1 unspecified atom stereocenters. The van der Waals surface area contributed by atoms with Crippen molar-refractivity contribution in [1.29, 1.82) is 0 Å². The summed E-state index contributed by atoms with van der Waals surface area (Å²) < 4.78 is 0. The maximum Gasteiger partial charge on any atom is 0.335 e. The highest BCUT2D eigenvalue weighted by Gasteiger charge is 2.25. The van der Waals surface area contributed by atoms with E-state index in [0.29, 0.717) is 18.8 Å². The van der Waals surface area contributed by atoms with Crippen LogP contribution in [0.2, 0.25) is 0 Å². The van der Waals surface area contributed by atoms with Gasteiger partial charge in [-0.25, -0.2) is 9.78 Å². The molecule has 5 nitrogen and oxygen atoms in total. The van der Waals surface area contributed by atoms with E-state index < -0.39 is 11.6 Å². The molecule has 1 aliphatic heterocycles. The molecule has 2 rings (SSSR count). The third-order valence-corrected chi connectivity index (χ3v) is 3.38. The number of rotatable bonds is 2. The Balaban J connectivity index is 2.16. The van der Waals surface area contributed by atoms with E-state index in [0.717, 1.165) is 19.4 Å². The zero-order valence-corrected chi connectivity index (χ0v) is 10.5. The maximum atomic E-state index is 10.9. The van der Waals surface area contributed by atoms with Gasteiger partial charge in [-0.15, -0.1) is 0 Å². The van der Waals surface area contributed by atoms with Gasteiger partial charge in [0, 0.05) is 19.3 Å². The first-order valence-electron chi connectivity index (χ1n) is 6.15. The van der Waals surface area contributed by atoms with E-state index in [1.807, 2.05) is 11.8 Å². The summed E-state index contributed by atoms with van der Waals surface area (Å²) in [4.78, 5) is 17.2. The molecule has 0 spiro atoms. The number of pyridine rings is 1.